The molecule has 0 unspecified atom stereocenters. The van der Waals surface area contributed by atoms with Crippen molar-refractivity contribution in [1.82, 2.24) is 5.32 Å². The van der Waals surface area contributed by atoms with E-state index in [0.717, 1.165) is 0 Å². The lowest BCUT2D eigenvalue weighted by atomic mass is 10.3. The highest BCUT2D eigenvalue weighted by atomic mass is 16.5. The van der Waals surface area contributed by atoms with Crippen molar-refractivity contribution < 1.29 is 9.53 Å². The maximum Gasteiger partial charge on any atom is 0.332 e. The van der Waals surface area contributed by atoms with E-state index in [-0.39, 0.29) is 0 Å². The van der Waals surface area contributed by atoms with Gasteiger partial charge in [-0.05, 0) is 24.3 Å². The van der Waals surface area contributed by atoms with Gasteiger partial charge >= 0.3 is 6.03 Å². The molecule has 0 radical (unpaired) electrons. The third-order valence-corrected chi connectivity index (χ3v) is 1.52. The van der Waals surface area contributed by atoms with E-state index >= 15 is 0 Å². The number of methoxy groups -OCH3 is 1. The number of nitriles is 1. The fourth-order valence-corrected chi connectivity index (χ4v) is 0.887. The van der Waals surface area contributed by atoms with Gasteiger partial charge < -0.3 is 10.1 Å². The van der Waals surface area contributed by atoms with Crippen molar-refractivity contribution in [3.8, 4) is 11.9 Å². The molecule has 0 aliphatic heterocycles. The first-order valence-corrected chi connectivity index (χ1v) is 3.86. The molecule has 1 aromatic carbocycles. The highest BCUT2D eigenvalue weighted by Gasteiger charge is 1.99. The van der Waals surface area contributed by atoms with E-state index in [9.17, 15) is 4.79 Å². The molecular formula is C9H9N3O2. The van der Waals surface area contributed by atoms with Gasteiger partial charge in [0.1, 0.15) is 5.75 Å². The molecule has 14 heavy (non-hydrogen) atoms. The molecule has 5 nitrogen and oxygen atoms in total. The van der Waals surface area contributed by atoms with Crippen LogP contribution in [0.25, 0.3) is 0 Å². The van der Waals surface area contributed by atoms with E-state index in [1.165, 1.54) is 6.19 Å². The van der Waals surface area contributed by atoms with Crippen LogP contribution in [0.5, 0.6) is 5.75 Å². The number of hydrogen-bond donors (Lipinski definition) is 2. The minimum atomic E-state index is -0.558. The maximum absolute atomic E-state index is 10.9. The Morgan fingerprint density at radius 1 is 1.43 bits per heavy atom. The number of hydrogen-bond acceptors (Lipinski definition) is 3. The van der Waals surface area contributed by atoms with Crippen molar-refractivity contribution in [3.05, 3.63) is 24.3 Å². The Bertz CT molecular complexity index is 353. The standard InChI is InChI=1S/C9H9N3O2/c1-14-8-4-2-7(3-5-8)12-9(13)11-6-10/h2-5H,1H3,(H2,11,12,13). The summed E-state index contributed by atoms with van der Waals surface area (Å²) in [5.41, 5.74) is 0.596. The smallest absolute Gasteiger partial charge is 0.332 e. The lowest BCUT2D eigenvalue weighted by Gasteiger charge is -2.03. The quantitative estimate of drug-likeness (QED) is 0.546. The first-order valence-electron chi connectivity index (χ1n) is 3.86. The monoisotopic (exact) mass is 191 g/mol. The van der Waals surface area contributed by atoms with Crippen LogP contribution in [0.1, 0.15) is 0 Å². The summed E-state index contributed by atoms with van der Waals surface area (Å²) in [7, 11) is 1.56. The highest BCUT2D eigenvalue weighted by molar-refractivity contribution is 5.90. The summed E-state index contributed by atoms with van der Waals surface area (Å²) in [4.78, 5) is 10.9. The molecule has 0 spiro atoms. The number of amides is 2. The molecule has 1 rings (SSSR count). The zero-order valence-corrected chi connectivity index (χ0v) is 7.57. The predicted molar refractivity (Wildman–Crippen MR) is 50.8 cm³/mol. The number of anilines is 1. The predicted octanol–water partition coefficient (Wildman–Crippen LogP) is 1.30. The fraction of sp³-hybridized carbons (Fsp3) is 0.111. The molecule has 2 N–H and O–H groups in total. The van der Waals surface area contributed by atoms with E-state index in [0.29, 0.717) is 11.4 Å². The second-order valence-corrected chi connectivity index (χ2v) is 2.42. The van der Waals surface area contributed by atoms with Crippen LogP contribution in [0.15, 0.2) is 24.3 Å². The molecule has 72 valence electrons. The average molecular weight is 191 g/mol. The molecule has 0 saturated heterocycles. The summed E-state index contributed by atoms with van der Waals surface area (Å²) in [6, 6.07) is 6.22. The van der Waals surface area contributed by atoms with Gasteiger partial charge in [-0.3, -0.25) is 0 Å². The van der Waals surface area contributed by atoms with Gasteiger partial charge in [0.15, 0.2) is 6.19 Å². The van der Waals surface area contributed by atoms with Crippen molar-refractivity contribution in [3.63, 3.8) is 0 Å². The summed E-state index contributed by atoms with van der Waals surface area (Å²) in [6.45, 7) is 0. The molecule has 0 heterocycles. The van der Waals surface area contributed by atoms with Gasteiger partial charge in [-0.15, -0.1) is 0 Å². The second-order valence-electron chi connectivity index (χ2n) is 2.42. The number of urea groups is 1. The molecule has 0 bridgehead atoms. The summed E-state index contributed by atoms with van der Waals surface area (Å²) in [6.07, 6.45) is 1.52. The number of rotatable bonds is 2. The van der Waals surface area contributed by atoms with Crippen LogP contribution in [0.4, 0.5) is 10.5 Å². The van der Waals surface area contributed by atoms with Gasteiger partial charge in [-0.1, -0.05) is 0 Å². The normalized spacial score (nSPS) is 8.57. The summed E-state index contributed by atoms with van der Waals surface area (Å²) < 4.78 is 4.94. The van der Waals surface area contributed by atoms with Gasteiger partial charge in [0.05, 0.1) is 7.11 Å². The van der Waals surface area contributed by atoms with Crippen LogP contribution < -0.4 is 15.4 Å². The summed E-state index contributed by atoms with van der Waals surface area (Å²) in [5, 5.41) is 12.6. The van der Waals surface area contributed by atoms with E-state index < -0.39 is 6.03 Å². The molecule has 0 aromatic heterocycles. The van der Waals surface area contributed by atoms with E-state index in [1.807, 2.05) is 5.32 Å². The third-order valence-electron chi connectivity index (χ3n) is 1.52. The van der Waals surface area contributed by atoms with Crippen LogP contribution >= 0.6 is 0 Å². The van der Waals surface area contributed by atoms with Gasteiger partial charge in [0.25, 0.3) is 0 Å². The number of benzene rings is 1. The molecule has 0 atom stereocenters. The van der Waals surface area contributed by atoms with Crippen LogP contribution in [0.2, 0.25) is 0 Å². The Morgan fingerprint density at radius 2 is 2.07 bits per heavy atom. The number of carbonyl (C=O) groups is 1. The largest absolute Gasteiger partial charge is 0.497 e. The Morgan fingerprint density at radius 3 is 2.57 bits per heavy atom. The van der Waals surface area contributed by atoms with Crippen LogP contribution in [0, 0.1) is 11.5 Å². The number of nitrogens with zero attached hydrogens (tertiary/aromatic N) is 1. The fourth-order valence-electron chi connectivity index (χ4n) is 0.887. The molecule has 1 aromatic rings. The van der Waals surface area contributed by atoms with Crippen LogP contribution in [-0.4, -0.2) is 13.1 Å². The minimum absolute atomic E-state index is 0.558. The lowest BCUT2D eigenvalue weighted by molar-refractivity contribution is 0.255. The molecule has 0 aliphatic carbocycles. The van der Waals surface area contributed by atoms with E-state index in [4.69, 9.17) is 10.00 Å². The minimum Gasteiger partial charge on any atom is -0.497 e. The molecule has 2 amide bonds. The lowest BCUT2D eigenvalue weighted by Crippen LogP contribution is -2.23. The SMILES string of the molecule is COc1ccc(NC(=O)NC#N)cc1. The molecule has 0 fully saturated rings. The van der Waals surface area contributed by atoms with Gasteiger partial charge in [-0.25, -0.2) is 10.1 Å². The Hall–Kier alpha value is -2.22. The molecule has 0 aliphatic rings. The van der Waals surface area contributed by atoms with Gasteiger partial charge in [0, 0.05) is 5.69 Å². The first kappa shape index (κ1) is 9.86. The van der Waals surface area contributed by atoms with Crippen molar-refractivity contribution in [2.24, 2.45) is 0 Å². The third kappa shape index (κ3) is 2.68. The summed E-state index contributed by atoms with van der Waals surface area (Å²) in [5.74, 6) is 0.705. The molecular weight excluding hydrogens is 182 g/mol. The number of ether oxygens (including phenoxy) is 1. The average Bonchev–Trinajstić information content (AvgIpc) is 2.19. The van der Waals surface area contributed by atoms with E-state index in [1.54, 1.807) is 31.4 Å². The van der Waals surface area contributed by atoms with Gasteiger partial charge in [-0.2, -0.15) is 5.26 Å². The van der Waals surface area contributed by atoms with Crippen LogP contribution in [-0.2, 0) is 0 Å². The molecule has 0 saturated carbocycles. The van der Waals surface area contributed by atoms with Crippen molar-refractivity contribution >= 4 is 11.7 Å². The Labute approximate surface area is 81.3 Å². The number of carbonyl (C=O) groups excluding carboxylic acids is 1. The van der Waals surface area contributed by atoms with Crippen molar-refractivity contribution in [1.29, 1.82) is 5.26 Å². The maximum atomic E-state index is 10.9. The molecule has 5 heteroatoms. The first-order chi connectivity index (χ1) is 6.76. The second kappa shape index (κ2) is 4.72. The highest BCUT2D eigenvalue weighted by Crippen LogP contribution is 2.14. The summed E-state index contributed by atoms with van der Waals surface area (Å²) >= 11 is 0. The Kier molecular flexibility index (Phi) is 3.33. The van der Waals surface area contributed by atoms with Crippen LogP contribution in [0.3, 0.4) is 0 Å². The van der Waals surface area contributed by atoms with Crippen molar-refractivity contribution in [2.45, 2.75) is 0 Å². The zero-order chi connectivity index (χ0) is 10.4. The number of nitrogens with one attached hydrogen (secondary N) is 2. The van der Waals surface area contributed by atoms with Gasteiger partial charge in [0.2, 0.25) is 0 Å². The zero-order valence-electron chi connectivity index (χ0n) is 7.57. The van der Waals surface area contributed by atoms with Crippen molar-refractivity contribution in [2.75, 3.05) is 12.4 Å². The topological polar surface area (TPSA) is 74.2 Å². The van der Waals surface area contributed by atoms with E-state index in [2.05, 4.69) is 5.32 Å². The Balaban J connectivity index is 2.60.